The lowest BCUT2D eigenvalue weighted by Crippen LogP contribution is -2.05. The van der Waals surface area contributed by atoms with Gasteiger partial charge in [0.25, 0.3) is 0 Å². The van der Waals surface area contributed by atoms with Crippen LogP contribution in [0.2, 0.25) is 0 Å². The number of carboxylic acids is 1. The molecule has 8 heteroatoms. The lowest BCUT2D eigenvalue weighted by Gasteiger charge is -2.00. The van der Waals surface area contributed by atoms with Crippen LogP contribution in [-0.4, -0.2) is 40.8 Å². The minimum atomic E-state index is -0.822. The van der Waals surface area contributed by atoms with Crippen LogP contribution in [0.3, 0.4) is 0 Å². The molecule has 2 aromatic rings. The zero-order valence-electron chi connectivity index (χ0n) is 9.31. The van der Waals surface area contributed by atoms with E-state index in [1.807, 2.05) is 7.05 Å². The van der Waals surface area contributed by atoms with E-state index in [9.17, 15) is 4.79 Å². The first-order valence-corrected chi connectivity index (χ1v) is 5.13. The molecule has 8 nitrogen and oxygen atoms in total. The van der Waals surface area contributed by atoms with Crippen molar-refractivity contribution < 1.29 is 9.90 Å². The molecule has 0 radical (unpaired) electrons. The fourth-order valence-corrected chi connectivity index (χ4v) is 1.45. The molecule has 0 saturated heterocycles. The van der Waals surface area contributed by atoms with Gasteiger partial charge in [-0.1, -0.05) is 0 Å². The highest BCUT2D eigenvalue weighted by molar-refractivity contribution is 5.66. The Morgan fingerprint density at radius 1 is 1.53 bits per heavy atom. The summed E-state index contributed by atoms with van der Waals surface area (Å²) in [4.78, 5) is 14.6. The summed E-state index contributed by atoms with van der Waals surface area (Å²) in [6.45, 7) is 0.463. The molecule has 0 aliphatic rings. The largest absolute Gasteiger partial charge is 0.481 e. The van der Waals surface area contributed by atoms with Crippen LogP contribution >= 0.6 is 0 Å². The van der Waals surface area contributed by atoms with Gasteiger partial charge in [-0.25, -0.2) is 9.67 Å². The molecule has 2 aromatic heterocycles. The molecule has 0 fully saturated rings. The number of carboxylic acid groups (broad SMARTS) is 1. The maximum atomic E-state index is 10.4. The van der Waals surface area contributed by atoms with Crippen LogP contribution in [0.25, 0.3) is 11.5 Å². The monoisotopic (exact) mass is 236 g/mol. The van der Waals surface area contributed by atoms with Gasteiger partial charge in [0, 0.05) is 26.2 Å². The molecule has 0 saturated carbocycles. The van der Waals surface area contributed by atoms with Crippen molar-refractivity contribution in [3.05, 3.63) is 12.5 Å². The van der Waals surface area contributed by atoms with E-state index in [0.717, 1.165) is 0 Å². The summed E-state index contributed by atoms with van der Waals surface area (Å²) in [5.41, 5.74) is 0.674. The molecule has 0 bridgehead atoms. The number of carbonyl (C=O) groups is 1. The predicted molar refractivity (Wildman–Crippen MR) is 56.9 cm³/mol. The van der Waals surface area contributed by atoms with Crippen LogP contribution in [0.5, 0.6) is 0 Å². The van der Waals surface area contributed by atoms with E-state index in [2.05, 4.69) is 20.5 Å². The van der Waals surface area contributed by atoms with Crippen LogP contribution < -0.4 is 0 Å². The van der Waals surface area contributed by atoms with Crippen molar-refractivity contribution in [2.24, 2.45) is 7.05 Å². The van der Waals surface area contributed by atoms with Crippen molar-refractivity contribution >= 4 is 5.97 Å². The van der Waals surface area contributed by atoms with Crippen molar-refractivity contribution in [2.75, 3.05) is 0 Å². The highest BCUT2D eigenvalue weighted by Gasteiger charge is 2.11. The standard InChI is InChI=1S/C9H12N6O2/c1-14-5-7(10-6-14)9-11-12-13-15(9)4-2-3-8(16)17/h5-6H,2-4H2,1H3,(H,16,17). The van der Waals surface area contributed by atoms with E-state index < -0.39 is 5.97 Å². The highest BCUT2D eigenvalue weighted by Crippen LogP contribution is 2.12. The Balaban J connectivity index is 2.09. The summed E-state index contributed by atoms with van der Waals surface area (Å²) >= 11 is 0. The van der Waals surface area contributed by atoms with E-state index in [1.165, 1.54) is 0 Å². The summed E-state index contributed by atoms with van der Waals surface area (Å²) in [6, 6.07) is 0. The molecule has 17 heavy (non-hydrogen) atoms. The van der Waals surface area contributed by atoms with Gasteiger partial charge in [-0.2, -0.15) is 0 Å². The van der Waals surface area contributed by atoms with E-state index in [0.29, 0.717) is 24.5 Å². The summed E-state index contributed by atoms with van der Waals surface area (Å²) in [6.07, 6.45) is 4.05. The Morgan fingerprint density at radius 2 is 2.35 bits per heavy atom. The number of aliphatic carboxylic acids is 1. The average Bonchev–Trinajstić information content (AvgIpc) is 2.86. The van der Waals surface area contributed by atoms with Crippen LogP contribution in [0.4, 0.5) is 0 Å². The fourth-order valence-electron chi connectivity index (χ4n) is 1.45. The molecule has 90 valence electrons. The quantitative estimate of drug-likeness (QED) is 0.780. The maximum Gasteiger partial charge on any atom is 0.303 e. The van der Waals surface area contributed by atoms with Gasteiger partial charge in [0.05, 0.1) is 6.33 Å². The van der Waals surface area contributed by atoms with Gasteiger partial charge in [0.15, 0.2) is 0 Å². The second-order valence-electron chi connectivity index (χ2n) is 3.65. The zero-order valence-corrected chi connectivity index (χ0v) is 9.31. The van der Waals surface area contributed by atoms with E-state index in [4.69, 9.17) is 5.11 Å². The highest BCUT2D eigenvalue weighted by atomic mass is 16.4. The van der Waals surface area contributed by atoms with Gasteiger partial charge >= 0.3 is 5.97 Å². The molecule has 0 amide bonds. The lowest BCUT2D eigenvalue weighted by molar-refractivity contribution is -0.137. The van der Waals surface area contributed by atoms with E-state index >= 15 is 0 Å². The minimum Gasteiger partial charge on any atom is -0.481 e. The first-order chi connectivity index (χ1) is 8.16. The van der Waals surface area contributed by atoms with Crippen molar-refractivity contribution in [3.8, 4) is 11.5 Å². The van der Waals surface area contributed by atoms with Crippen LogP contribution in [-0.2, 0) is 18.4 Å². The number of hydrogen-bond donors (Lipinski definition) is 1. The molecular weight excluding hydrogens is 224 g/mol. The van der Waals surface area contributed by atoms with Gasteiger partial charge in [-0.15, -0.1) is 5.10 Å². The summed E-state index contributed by atoms with van der Waals surface area (Å²) in [5, 5.41) is 19.8. The second-order valence-corrected chi connectivity index (χ2v) is 3.65. The Bertz CT molecular complexity index is 517. The van der Waals surface area contributed by atoms with E-state index in [-0.39, 0.29) is 6.42 Å². The Hall–Kier alpha value is -2.25. The summed E-state index contributed by atoms with van der Waals surface area (Å²) in [7, 11) is 1.86. The predicted octanol–water partition coefficient (Wildman–Crippen LogP) is -0.0616. The van der Waals surface area contributed by atoms with Gasteiger partial charge in [0.2, 0.25) is 5.82 Å². The molecule has 2 heterocycles. The normalized spacial score (nSPS) is 10.6. The van der Waals surface area contributed by atoms with Crippen LogP contribution in [0.15, 0.2) is 12.5 Å². The molecule has 0 aromatic carbocycles. The number of aryl methyl sites for hydroxylation is 2. The summed E-state index contributed by atoms with van der Waals surface area (Å²) < 4.78 is 3.36. The molecule has 0 aliphatic carbocycles. The van der Waals surface area contributed by atoms with Gasteiger partial charge in [0.1, 0.15) is 5.69 Å². The van der Waals surface area contributed by atoms with E-state index in [1.54, 1.807) is 21.8 Å². The number of imidazole rings is 1. The Labute approximate surface area is 96.9 Å². The third-order valence-electron chi connectivity index (χ3n) is 2.23. The second kappa shape index (κ2) is 4.73. The van der Waals surface area contributed by atoms with Crippen molar-refractivity contribution in [1.82, 2.24) is 29.8 Å². The van der Waals surface area contributed by atoms with Crippen molar-refractivity contribution in [1.29, 1.82) is 0 Å². The number of hydrogen-bond acceptors (Lipinski definition) is 5. The Kier molecular flexibility index (Phi) is 3.12. The number of tetrazole rings is 1. The summed E-state index contributed by atoms with van der Waals surface area (Å²) in [5.74, 6) is -0.270. The fraction of sp³-hybridized carbons (Fsp3) is 0.444. The van der Waals surface area contributed by atoms with Gasteiger partial charge < -0.3 is 9.67 Å². The lowest BCUT2D eigenvalue weighted by atomic mass is 10.3. The van der Waals surface area contributed by atoms with Crippen LogP contribution in [0.1, 0.15) is 12.8 Å². The van der Waals surface area contributed by atoms with Crippen LogP contribution in [0, 0.1) is 0 Å². The average molecular weight is 236 g/mol. The topological polar surface area (TPSA) is 98.7 Å². The van der Waals surface area contributed by atoms with Gasteiger partial charge in [-0.3, -0.25) is 4.79 Å². The maximum absolute atomic E-state index is 10.4. The molecular formula is C9H12N6O2. The first kappa shape index (κ1) is 11.2. The molecule has 2 rings (SSSR count). The number of aromatic nitrogens is 6. The Morgan fingerprint density at radius 3 is 3.00 bits per heavy atom. The molecule has 0 aliphatic heterocycles. The SMILES string of the molecule is Cn1cnc(-c2nnnn2CCCC(=O)O)c1. The van der Waals surface area contributed by atoms with Gasteiger partial charge in [-0.05, 0) is 16.8 Å². The number of rotatable bonds is 5. The van der Waals surface area contributed by atoms with Crippen molar-refractivity contribution in [2.45, 2.75) is 19.4 Å². The first-order valence-electron chi connectivity index (χ1n) is 5.13. The number of nitrogens with zero attached hydrogens (tertiary/aromatic N) is 6. The third kappa shape index (κ3) is 2.65. The smallest absolute Gasteiger partial charge is 0.303 e. The molecule has 0 atom stereocenters. The third-order valence-corrected chi connectivity index (χ3v) is 2.23. The minimum absolute atomic E-state index is 0.0987. The molecule has 0 unspecified atom stereocenters. The zero-order chi connectivity index (χ0) is 12.3. The molecule has 1 N–H and O–H groups in total. The molecule has 0 spiro atoms. The van der Waals surface area contributed by atoms with Crippen molar-refractivity contribution in [3.63, 3.8) is 0 Å².